The highest BCUT2D eigenvalue weighted by Crippen LogP contribution is 2.47. The van der Waals surface area contributed by atoms with Crippen LogP contribution in [0.15, 0.2) is 6.33 Å². The molecule has 2 aliphatic heterocycles. The maximum atomic E-state index is 11.2. The van der Waals surface area contributed by atoms with E-state index in [4.69, 9.17) is 34.4 Å². The fourth-order valence-corrected chi connectivity index (χ4v) is 4.32. The molecule has 0 amide bonds. The summed E-state index contributed by atoms with van der Waals surface area (Å²) in [4.78, 5) is 8.46. The zero-order valence-electron chi connectivity index (χ0n) is 15.9. The normalized spacial score (nSPS) is 31.4. The van der Waals surface area contributed by atoms with Gasteiger partial charge in [-0.3, -0.25) is 4.18 Å². The van der Waals surface area contributed by atoms with E-state index in [0.717, 1.165) is 18.5 Å². The van der Waals surface area contributed by atoms with Crippen LogP contribution < -0.4 is 10.9 Å². The van der Waals surface area contributed by atoms with Gasteiger partial charge in [-0.1, -0.05) is 0 Å². The predicted octanol–water partition coefficient (Wildman–Crippen LogP) is -0.0765. The number of anilines is 1. The minimum Gasteiger partial charge on any atom is -0.383 e. The van der Waals surface area contributed by atoms with Crippen LogP contribution in [0.4, 0.5) is 5.82 Å². The smallest absolute Gasteiger partial charge is 0.333 e. The minimum absolute atomic E-state index is 0.304. The highest BCUT2D eigenvalue weighted by atomic mass is 32.2. The van der Waals surface area contributed by atoms with E-state index in [2.05, 4.69) is 9.97 Å². The summed E-state index contributed by atoms with van der Waals surface area (Å²) in [7, 11) is -4.13. The van der Waals surface area contributed by atoms with Gasteiger partial charge in [0.25, 0.3) is 0 Å². The monoisotopic (exact) mass is 426 g/mol. The van der Waals surface area contributed by atoms with Crippen LogP contribution in [-0.2, 0) is 28.7 Å². The van der Waals surface area contributed by atoms with Crippen LogP contribution in [0, 0.1) is 0 Å². The second-order valence-electron chi connectivity index (χ2n) is 7.97. The van der Waals surface area contributed by atoms with Crippen LogP contribution >= 0.6 is 0 Å². The molecule has 2 saturated heterocycles. The first kappa shape index (κ1) is 19.1. The van der Waals surface area contributed by atoms with Gasteiger partial charge in [-0.2, -0.15) is 13.5 Å². The summed E-state index contributed by atoms with van der Waals surface area (Å²) in [6.07, 6.45) is 0.861. The number of aromatic nitrogens is 4. The number of hydrogen-bond acceptors (Lipinski definition) is 10. The van der Waals surface area contributed by atoms with E-state index in [9.17, 15) is 8.42 Å². The zero-order valence-corrected chi connectivity index (χ0v) is 16.7. The van der Waals surface area contributed by atoms with Gasteiger partial charge in [-0.05, 0) is 26.7 Å². The standard InChI is InChI=1S/C16H22N6O6S/c1-16(2)27-11-8(5-25-29(18,23)24)26-15(12(11)28-16)22-14-9(13(17)19-6-20-14)10(21-22)7-3-4-7/h6-8,11-12,15H,3-5H2,1-2H3,(H2,17,19,20)(H2,18,23,24)/t8-,11-,12-,15-/m1/s1. The lowest BCUT2D eigenvalue weighted by Gasteiger charge is -2.24. The Bertz CT molecular complexity index is 1070. The fraction of sp³-hybridized carbons (Fsp3) is 0.688. The number of nitrogens with zero attached hydrogens (tertiary/aromatic N) is 4. The highest BCUT2D eigenvalue weighted by Gasteiger charge is 2.57. The molecule has 12 nitrogen and oxygen atoms in total. The molecule has 0 unspecified atom stereocenters. The molecule has 4 atom stereocenters. The maximum absolute atomic E-state index is 11.2. The maximum Gasteiger partial charge on any atom is 0.333 e. The van der Waals surface area contributed by atoms with Gasteiger partial charge in [0.15, 0.2) is 17.7 Å². The molecular weight excluding hydrogens is 404 g/mol. The Labute approximate surface area is 166 Å². The lowest BCUT2D eigenvalue weighted by Crippen LogP contribution is -2.34. The fourth-order valence-electron chi connectivity index (χ4n) is 3.99. The minimum atomic E-state index is -4.13. The van der Waals surface area contributed by atoms with Crippen LogP contribution in [0.1, 0.15) is 44.5 Å². The Balaban J connectivity index is 1.54. The molecule has 2 aromatic rings. The Hall–Kier alpha value is -1.90. The average Bonchev–Trinajstić information content (AvgIpc) is 3.21. The van der Waals surface area contributed by atoms with Gasteiger partial charge < -0.3 is 19.9 Å². The van der Waals surface area contributed by atoms with Crippen molar-refractivity contribution in [1.82, 2.24) is 19.7 Å². The summed E-state index contributed by atoms with van der Waals surface area (Å²) >= 11 is 0. The molecule has 29 heavy (non-hydrogen) atoms. The highest BCUT2D eigenvalue weighted by molar-refractivity contribution is 7.84. The van der Waals surface area contributed by atoms with Gasteiger partial charge in [0.1, 0.15) is 30.5 Å². The Morgan fingerprint density at radius 3 is 2.69 bits per heavy atom. The third-order valence-corrected chi connectivity index (χ3v) is 5.74. The van der Waals surface area contributed by atoms with E-state index >= 15 is 0 Å². The molecule has 0 radical (unpaired) electrons. The third kappa shape index (κ3) is 3.37. The number of hydrogen-bond donors (Lipinski definition) is 2. The summed E-state index contributed by atoms with van der Waals surface area (Å²) in [6, 6.07) is 0. The predicted molar refractivity (Wildman–Crippen MR) is 98.5 cm³/mol. The summed E-state index contributed by atoms with van der Waals surface area (Å²) in [6.45, 7) is 3.25. The molecule has 1 aliphatic carbocycles. The van der Waals surface area contributed by atoms with Gasteiger partial charge in [-0.15, -0.1) is 0 Å². The summed E-state index contributed by atoms with van der Waals surface area (Å²) in [5.41, 5.74) is 7.47. The molecular formula is C16H22N6O6S. The number of nitrogen functional groups attached to an aromatic ring is 1. The van der Waals surface area contributed by atoms with Crippen molar-refractivity contribution in [3.8, 4) is 0 Å². The van der Waals surface area contributed by atoms with E-state index in [1.165, 1.54) is 6.33 Å². The van der Waals surface area contributed by atoms with E-state index in [1.54, 1.807) is 18.5 Å². The van der Waals surface area contributed by atoms with Crippen molar-refractivity contribution in [2.45, 2.75) is 62.9 Å². The molecule has 158 valence electrons. The van der Waals surface area contributed by atoms with Crippen molar-refractivity contribution in [2.75, 3.05) is 12.3 Å². The third-order valence-electron chi connectivity index (χ3n) is 5.27. The second kappa shape index (κ2) is 6.30. The number of nitrogens with two attached hydrogens (primary N) is 2. The molecule has 0 bridgehead atoms. The Morgan fingerprint density at radius 1 is 1.28 bits per heavy atom. The van der Waals surface area contributed by atoms with E-state index in [1.807, 2.05) is 0 Å². The van der Waals surface area contributed by atoms with Crippen molar-refractivity contribution in [3.05, 3.63) is 12.0 Å². The molecule has 3 aliphatic rings. The van der Waals surface area contributed by atoms with Crippen molar-refractivity contribution >= 4 is 27.2 Å². The zero-order chi connectivity index (χ0) is 20.6. The molecule has 2 aromatic heterocycles. The number of rotatable bonds is 5. The van der Waals surface area contributed by atoms with Crippen LogP contribution in [0.3, 0.4) is 0 Å². The molecule has 4 N–H and O–H groups in total. The van der Waals surface area contributed by atoms with E-state index in [0.29, 0.717) is 22.8 Å². The number of ether oxygens (including phenoxy) is 3. The van der Waals surface area contributed by atoms with E-state index < -0.39 is 40.6 Å². The molecule has 1 saturated carbocycles. The first-order chi connectivity index (χ1) is 13.6. The largest absolute Gasteiger partial charge is 0.383 e. The first-order valence-electron chi connectivity index (χ1n) is 9.30. The van der Waals surface area contributed by atoms with Gasteiger partial charge in [-0.25, -0.2) is 19.8 Å². The lowest BCUT2D eigenvalue weighted by atomic mass is 10.1. The van der Waals surface area contributed by atoms with Crippen LogP contribution in [0.5, 0.6) is 0 Å². The summed E-state index contributed by atoms with van der Waals surface area (Å²) in [5, 5.41) is 10.4. The topological polar surface area (TPSA) is 167 Å². The molecule has 4 heterocycles. The summed E-state index contributed by atoms with van der Waals surface area (Å²) in [5.74, 6) is -0.216. The first-order valence-corrected chi connectivity index (χ1v) is 10.8. The molecule has 3 fully saturated rings. The van der Waals surface area contributed by atoms with Gasteiger partial charge in [0.05, 0.1) is 17.7 Å². The van der Waals surface area contributed by atoms with Crippen molar-refractivity contribution in [3.63, 3.8) is 0 Å². The summed E-state index contributed by atoms with van der Waals surface area (Å²) < 4.78 is 46.9. The molecule has 0 aromatic carbocycles. The van der Waals surface area contributed by atoms with Gasteiger partial charge in [0.2, 0.25) is 0 Å². The quantitative estimate of drug-likeness (QED) is 0.660. The number of fused-ring (bicyclic) bond motifs is 2. The average molecular weight is 426 g/mol. The SMILES string of the molecule is CC1(C)O[C@@H]2[C@H](O1)[C@@H](COS(N)(=O)=O)O[C@H]2n1nc(C2CC2)c2c(N)ncnc21. The van der Waals surface area contributed by atoms with Crippen molar-refractivity contribution < 1.29 is 26.8 Å². The van der Waals surface area contributed by atoms with Crippen LogP contribution in [0.2, 0.25) is 0 Å². The van der Waals surface area contributed by atoms with Crippen molar-refractivity contribution in [1.29, 1.82) is 0 Å². The molecule has 0 spiro atoms. The van der Waals surface area contributed by atoms with Gasteiger partial charge >= 0.3 is 10.3 Å². The Kier molecular flexibility index (Phi) is 4.14. The molecule has 13 heteroatoms. The van der Waals surface area contributed by atoms with Gasteiger partial charge in [0, 0.05) is 5.92 Å². The van der Waals surface area contributed by atoms with Crippen LogP contribution in [-0.4, -0.2) is 58.9 Å². The van der Waals surface area contributed by atoms with E-state index in [-0.39, 0.29) is 6.61 Å². The van der Waals surface area contributed by atoms with Crippen molar-refractivity contribution in [2.24, 2.45) is 5.14 Å². The van der Waals surface area contributed by atoms with Crippen LogP contribution in [0.25, 0.3) is 11.0 Å². The second-order valence-corrected chi connectivity index (χ2v) is 9.19. The lowest BCUT2D eigenvalue weighted by molar-refractivity contribution is -0.200. The molecule has 5 rings (SSSR count). The Morgan fingerprint density at radius 2 is 2.00 bits per heavy atom.